The summed E-state index contributed by atoms with van der Waals surface area (Å²) in [7, 11) is 1.59. The highest BCUT2D eigenvalue weighted by molar-refractivity contribution is 6.56. The molecule has 28 heavy (non-hydrogen) atoms. The van der Waals surface area contributed by atoms with Gasteiger partial charge in [-0.3, -0.25) is 14.6 Å². The van der Waals surface area contributed by atoms with Crippen molar-refractivity contribution in [1.29, 1.82) is 0 Å². The van der Waals surface area contributed by atoms with Gasteiger partial charge in [0.2, 0.25) is 5.91 Å². The van der Waals surface area contributed by atoms with Crippen LogP contribution < -0.4 is 9.64 Å². The lowest BCUT2D eigenvalue weighted by atomic mass is 10.2. The lowest BCUT2D eigenvalue weighted by Crippen LogP contribution is -2.30. The third-order valence-corrected chi connectivity index (χ3v) is 4.27. The van der Waals surface area contributed by atoms with Crippen LogP contribution in [0.25, 0.3) is 0 Å². The predicted molar refractivity (Wildman–Crippen MR) is 104 cm³/mol. The van der Waals surface area contributed by atoms with E-state index < -0.39 is 11.9 Å². The van der Waals surface area contributed by atoms with Gasteiger partial charge in [-0.2, -0.15) is 0 Å². The fraction of sp³-hybridized carbons (Fsp3) is 0.238. The third-order valence-electron chi connectivity index (χ3n) is 4.27. The number of hydrogen-bond donors (Lipinski definition) is 0. The topological polar surface area (TPSA) is 85.3 Å². The van der Waals surface area contributed by atoms with E-state index in [9.17, 15) is 14.4 Å². The molecule has 0 bridgehead atoms. The van der Waals surface area contributed by atoms with Gasteiger partial charge in [-0.05, 0) is 48.9 Å². The Morgan fingerprint density at radius 1 is 1.07 bits per heavy atom. The van der Waals surface area contributed by atoms with Crippen LogP contribution >= 0.6 is 0 Å². The third kappa shape index (κ3) is 4.09. The Kier molecular flexibility index (Phi) is 5.84. The van der Waals surface area contributed by atoms with E-state index >= 15 is 0 Å². The quantitative estimate of drug-likeness (QED) is 0.568. The summed E-state index contributed by atoms with van der Waals surface area (Å²) in [4.78, 5) is 42.1. The maximum absolute atomic E-state index is 12.6. The second-order valence-corrected chi connectivity index (χ2v) is 6.09. The minimum Gasteiger partial charge on any atom is -0.497 e. The fourth-order valence-corrected chi connectivity index (χ4v) is 2.80. The van der Waals surface area contributed by atoms with Crippen molar-refractivity contribution in [2.45, 2.75) is 19.9 Å². The number of aliphatic imine (C=N–C) groups is 1. The normalized spacial score (nSPS) is 15.2. The van der Waals surface area contributed by atoms with E-state index in [1.165, 1.54) is 12.1 Å². The zero-order valence-electron chi connectivity index (χ0n) is 15.7. The zero-order chi connectivity index (χ0) is 20.1. The predicted octanol–water partition coefficient (Wildman–Crippen LogP) is 2.78. The van der Waals surface area contributed by atoms with Crippen LogP contribution in [0.5, 0.6) is 5.75 Å². The van der Waals surface area contributed by atoms with Crippen LogP contribution in [-0.2, 0) is 20.9 Å². The number of hydrogen-bond acceptors (Lipinski definition) is 6. The number of anilines is 1. The summed E-state index contributed by atoms with van der Waals surface area (Å²) in [6, 6.07) is 13.5. The summed E-state index contributed by atoms with van der Waals surface area (Å²) in [5.41, 5.74) is 1.89. The number of methoxy groups -OCH3 is 1. The van der Waals surface area contributed by atoms with Crippen LogP contribution in [0, 0.1) is 0 Å². The number of carbonyl (C=O) groups excluding carboxylic acids is 3. The van der Waals surface area contributed by atoms with Crippen molar-refractivity contribution in [2.75, 3.05) is 18.6 Å². The van der Waals surface area contributed by atoms with Gasteiger partial charge in [-0.25, -0.2) is 9.69 Å². The van der Waals surface area contributed by atoms with Gasteiger partial charge in [0.05, 0.1) is 37.9 Å². The van der Waals surface area contributed by atoms with Crippen molar-refractivity contribution in [3.8, 4) is 5.75 Å². The molecule has 7 heteroatoms. The van der Waals surface area contributed by atoms with Gasteiger partial charge < -0.3 is 9.47 Å². The highest BCUT2D eigenvalue weighted by atomic mass is 16.5. The van der Waals surface area contributed by atoms with E-state index in [2.05, 4.69) is 4.99 Å². The Balaban J connectivity index is 1.72. The van der Waals surface area contributed by atoms with E-state index in [-0.39, 0.29) is 24.6 Å². The first-order chi connectivity index (χ1) is 13.5. The van der Waals surface area contributed by atoms with Crippen molar-refractivity contribution >= 4 is 29.2 Å². The monoisotopic (exact) mass is 380 g/mol. The average Bonchev–Trinajstić information content (AvgIpc) is 3.00. The summed E-state index contributed by atoms with van der Waals surface area (Å²) in [5.74, 6) is -0.499. The molecule has 144 valence electrons. The summed E-state index contributed by atoms with van der Waals surface area (Å²) in [5, 5.41) is 0. The van der Waals surface area contributed by atoms with Crippen molar-refractivity contribution in [3.63, 3.8) is 0 Å². The molecule has 0 unspecified atom stereocenters. The number of esters is 1. The molecule has 1 fully saturated rings. The molecule has 0 aromatic heterocycles. The van der Waals surface area contributed by atoms with E-state index in [4.69, 9.17) is 9.47 Å². The number of ether oxygens (including phenoxy) is 2. The first-order valence-corrected chi connectivity index (χ1v) is 8.84. The second-order valence-electron chi connectivity index (χ2n) is 6.09. The Bertz CT molecular complexity index is 917. The van der Waals surface area contributed by atoms with Gasteiger partial charge in [0, 0.05) is 0 Å². The van der Waals surface area contributed by atoms with E-state index in [1.807, 2.05) is 24.3 Å². The van der Waals surface area contributed by atoms with Crippen LogP contribution in [0.3, 0.4) is 0 Å². The number of benzene rings is 2. The van der Waals surface area contributed by atoms with Crippen LogP contribution in [0.2, 0.25) is 0 Å². The van der Waals surface area contributed by atoms with Crippen LogP contribution in [-0.4, -0.2) is 37.2 Å². The molecule has 1 aliphatic rings. The smallest absolute Gasteiger partial charge is 0.338 e. The van der Waals surface area contributed by atoms with Gasteiger partial charge >= 0.3 is 5.97 Å². The van der Waals surface area contributed by atoms with Gasteiger partial charge in [-0.1, -0.05) is 12.1 Å². The summed E-state index contributed by atoms with van der Waals surface area (Å²) >= 11 is 0. The molecule has 0 atom stereocenters. The van der Waals surface area contributed by atoms with Gasteiger partial charge in [-0.15, -0.1) is 0 Å². The summed E-state index contributed by atoms with van der Waals surface area (Å²) in [6.45, 7) is 2.30. The zero-order valence-corrected chi connectivity index (χ0v) is 15.7. The maximum Gasteiger partial charge on any atom is 0.338 e. The van der Waals surface area contributed by atoms with Gasteiger partial charge in [0.15, 0.2) is 0 Å². The Morgan fingerprint density at radius 2 is 1.75 bits per heavy atom. The van der Waals surface area contributed by atoms with Gasteiger partial charge in [0.25, 0.3) is 5.91 Å². The average molecular weight is 380 g/mol. The lowest BCUT2D eigenvalue weighted by molar-refractivity contribution is -0.120. The van der Waals surface area contributed by atoms with Crippen LogP contribution in [0.15, 0.2) is 53.5 Å². The molecule has 0 N–H and O–H groups in total. The number of amides is 2. The molecule has 3 rings (SSSR count). The number of carbonyl (C=O) groups is 3. The van der Waals surface area contributed by atoms with Crippen molar-refractivity contribution < 1.29 is 23.9 Å². The molecule has 0 radical (unpaired) electrons. The number of imide groups is 1. The number of rotatable bonds is 6. The summed E-state index contributed by atoms with van der Waals surface area (Å²) in [6.07, 6.45) is -0.0470. The summed E-state index contributed by atoms with van der Waals surface area (Å²) < 4.78 is 10.0. The molecule has 0 spiro atoms. The van der Waals surface area contributed by atoms with Crippen LogP contribution in [0.4, 0.5) is 5.69 Å². The molecular weight excluding hydrogens is 360 g/mol. The van der Waals surface area contributed by atoms with E-state index in [0.717, 1.165) is 16.2 Å². The van der Waals surface area contributed by atoms with Gasteiger partial charge in [0.1, 0.15) is 11.5 Å². The fourth-order valence-electron chi connectivity index (χ4n) is 2.80. The molecule has 1 heterocycles. The molecular formula is C21H20N2O5. The first-order valence-electron chi connectivity index (χ1n) is 8.84. The Morgan fingerprint density at radius 3 is 2.36 bits per heavy atom. The highest BCUT2D eigenvalue weighted by Crippen LogP contribution is 2.23. The second kappa shape index (κ2) is 8.47. The van der Waals surface area contributed by atoms with Crippen molar-refractivity contribution in [1.82, 2.24) is 0 Å². The Labute approximate surface area is 162 Å². The first kappa shape index (κ1) is 19.3. The largest absolute Gasteiger partial charge is 0.497 e. The molecule has 1 saturated heterocycles. The minimum absolute atomic E-state index is 0.0470. The molecule has 2 amide bonds. The number of nitrogens with zero attached hydrogens (tertiary/aromatic N) is 2. The maximum atomic E-state index is 12.6. The molecule has 0 aliphatic carbocycles. The molecule has 0 saturated carbocycles. The highest BCUT2D eigenvalue weighted by Gasteiger charge is 2.36. The molecule has 7 nitrogen and oxygen atoms in total. The van der Waals surface area contributed by atoms with E-state index in [1.54, 1.807) is 26.2 Å². The minimum atomic E-state index is -0.449. The van der Waals surface area contributed by atoms with Crippen LogP contribution in [0.1, 0.15) is 29.3 Å². The van der Waals surface area contributed by atoms with Crippen molar-refractivity contribution in [2.24, 2.45) is 4.99 Å². The van der Waals surface area contributed by atoms with Crippen molar-refractivity contribution in [3.05, 3.63) is 59.7 Å². The Hall–Kier alpha value is -3.48. The molecule has 2 aromatic rings. The molecule has 2 aromatic carbocycles. The lowest BCUT2D eigenvalue weighted by Gasteiger charge is -2.13. The standard InChI is InChI=1S/C21H20N2O5/c1-3-28-21(26)15-6-8-16(9-7-15)23-19(24)12-18(20(23)25)22-13-14-4-10-17(27-2)11-5-14/h4-11H,3,12-13H2,1-2H3. The SMILES string of the molecule is CCOC(=O)c1ccc(N2C(=O)CC(=NCc3ccc(OC)cc3)C2=O)cc1. The molecule has 1 aliphatic heterocycles. The van der Waals surface area contributed by atoms with E-state index in [0.29, 0.717) is 17.8 Å².